The molecule has 0 amide bonds. The van der Waals surface area contributed by atoms with Crippen LogP contribution in [0, 0.1) is 20.8 Å². The van der Waals surface area contributed by atoms with Gasteiger partial charge in [0.05, 0.1) is 0 Å². The first-order valence-corrected chi connectivity index (χ1v) is 7.42. The van der Waals surface area contributed by atoms with Gasteiger partial charge in [-0.3, -0.25) is 4.90 Å². The topological polar surface area (TPSA) is 29.3 Å². The summed E-state index contributed by atoms with van der Waals surface area (Å²) in [6.07, 6.45) is 2.62. The van der Waals surface area contributed by atoms with Gasteiger partial charge in [0.25, 0.3) is 0 Å². The fourth-order valence-electron chi connectivity index (χ4n) is 3.19. The number of benzene rings is 1. The van der Waals surface area contributed by atoms with E-state index in [-0.39, 0.29) is 11.6 Å². The summed E-state index contributed by atoms with van der Waals surface area (Å²) in [6, 6.07) is 4.63. The fourth-order valence-corrected chi connectivity index (χ4v) is 3.19. The molecule has 2 heteroatoms. The van der Waals surface area contributed by atoms with Gasteiger partial charge in [-0.05, 0) is 82.8 Å². The largest absolute Gasteiger partial charge is 0.322 e. The lowest BCUT2D eigenvalue weighted by molar-refractivity contribution is 0.124. The monoisotopic (exact) mass is 260 g/mol. The van der Waals surface area contributed by atoms with Crippen LogP contribution in [0.3, 0.4) is 0 Å². The van der Waals surface area contributed by atoms with E-state index in [1.54, 1.807) is 0 Å². The summed E-state index contributed by atoms with van der Waals surface area (Å²) >= 11 is 0. The van der Waals surface area contributed by atoms with Crippen LogP contribution >= 0.6 is 0 Å². The van der Waals surface area contributed by atoms with Crippen molar-refractivity contribution in [3.05, 3.63) is 34.4 Å². The number of aryl methyl sites for hydroxylation is 3. The van der Waals surface area contributed by atoms with Gasteiger partial charge in [-0.1, -0.05) is 12.1 Å². The average molecular weight is 260 g/mol. The first kappa shape index (κ1) is 14.5. The van der Waals surface area contributed by atoms with Crippen molar-refractivity contribution in [1.29, 1.82) is 0 Å². The Morgan fingerprint density at radius 3 is 2.11 bits per heavy atom. The molecule has 1 aliphatic heterocycles. The summed E-state index contributed by atoms with van der Waals surface area (Å²) in [7, 11) is 0. The normalized spacial score (nSPS) is 18.8. The summed E-state index contributed by atoms with van der Waals surface area (Å²) in [4.78, 5) is 2.55. The van der Waals surface area contributed by atoms with E-state index >= 15 is 0 Å². The SMILES string of the molecule is Cc1cc(C)c(C(N)C(C)(C)N2CCCC2)cc1C. The number of hydrogen-bond acceptors (Lipinski definition) is 2. The Hall–Kier alpha value is -0.860. The molecule has 1 aliphatic rings. The molecule has 1 heterocycles. The lowest BCUT2D eigenvalue weighted by Crippen LogP contribution is -2.50. The van der Waals surface area contributed by atoms with Crippen LogP contribution in [0.5, 0.6) is 0 Å². The molecule has 1 atom stereocenters. The summed E-state index contributed by atoms with van der Waals surface area (Å²) in [6.45, 7) is 13.5. The summed E-state index contributed by atoms with van der Waals surface area (Å²) in [5.74, 6) is 0. The Labute approximate surface area is 118 Å². The Kier molecular flexibility index (Phi) is 4.03. The van der Waals surface area contributed by atoms with Gasteiger partial charge >= 0.3 is 0 Å². The van der Waals surface area contributed by atoms with Crippen LogP contribution in [-0.2, 0) is 0 Å². The maximum absolute atomic E-state index is 6.63. The number of hydrogen-bond donors (Lipinski definition) is 1. The first-order chi connectivity index (χ1) is 8.84. The molecule has 19 heavy (non-hydrogen) atoms. The number of nitrogens with two attached hydrogens (primary N) is 1. The van der Waals surface area contributed by atoms with Crippen molar-refractivity contribution in [2.75, 3.05) is 13.1 Å². The maximum Gasteiger partial charge on any atom is 0.0479 e. The Morgan fingerprint density at radius 1 is 1.00 bits per heavy atom. The first-order valence-electron chi connectivity index (χ1n) is 7.42. The third kappa shape index (κ3) is 2.70. The molecule has 2 nitrogen and oxygen atoms in total. The van der Waals surface area contributed by atoms with Crippen LogP contribution in [0.4, 0.5) is 0 Å². The van der Waals surface area contributed by atoms with E-state index in [1.165, 1.54) is 48.2 Å². The number of likely N-dealkylation sites (tertiary alicyclic amines) is 1. The summed E-state index contributed by atoms with van der Waals surface area (Å²) < 4.78 is 0. The van der Waals surface area contributed by atoms with Crippen molar-refractivity contribution in [2.45, 2.75) is 59.0 Å². The molecule has 1 saturated heterocycles. The van der Waals surface area contributed by atoms with Gasteiger partial charge in [0.15, 0.2) is 0 Å². The van der Waals surface area contributed by atoms with Crippen LogP contribution < -0.4 is 5.73 Å². The lowest BCUT2D eigenvalue weighted by Gasteiger charge is -2.41. The molecule has 106 valence electrons. The second-order valence-electron chi connectivity index (χ2n) is 6.62. The molecule has 2 rings (SSSR count). The molecule has 0 aromatic heterocycles. The quantitative estimate of drug-likeness (QED) is 0.901. The highest BCUT2D eigenvalue weighted by Crippen LogP contribution is 2.34. The third-order valence-corrected chi connectivity index (χ3v) is 4.90. The van der Waals surface area contributed by atoms with Crippen molar-refractivity contribution in [1.82, 2.24) is 4.90 Å². The molecule has 0 bridgehead atoms. The second kappa shape index (κ2) is 5.26. The minimum Gasteiger partial charge on any atom is -0.322 e. The minimum absolute atomic E-state index is 0.0307. The predicted molar refractivity (Wildman–Crippen MR) is 82.5 cm³/mol. The van der Waals surface area contributed by atoms with Gasteiger partial charge in [0, 0.05) is 11.6 Å². The molecule has 1 aromatic carbocycles. The summed E-state index contributed by atoms with van der Waals surface area (Å²) in [5.41, 5.74) is 12.0. The highest BCUT2D eigenvalue weighted by atomic mass is 15.2. The van der Waals surface area contributed by atoms with Crippen LogP contribution in [0.1, 0.15) is 55.0 Å². The molecule has 0 radical (unpaired) electrons. The zero-order chi connectivity index (χ0) is 14.2. The molecule has 0 spiro atoms. The lowest BCUT2D eigenvalue weighted by atomic mass is 9.84. The Bertz CT molecular complexity index is 457. The smallest absolute Gasteiger partial charge is 0.0479 e. The molecular weight excluding hydrogens is 232 g/mol. The minimum atomic E-state index is 0.0307. The van der Waals surface area contributed by atoms with Crippen molar-refractivity contribution >= 4 is 0 Å². The third-order valence-electron chi connectivity index (χ3n) is 4.90. The van der Waals surface area contributed by atoms with Crippen molar-refractivity contribution < 1.29 is 0 Å². The molecule has 2 N–H and O–H groups in total. The zero-order valence-corrected chi connectivity index (χ0v) is 13.1. The highest BCUT2D eigenvalue weighted by Gasteiger charge is 2.36. The highest BCUT2D eigenvalue weighted by molar-refractivity contribution is 5.39. The molecule has 1 fully saturated rings. The number of rotatable bonds is 3. The fraction of sp³-hybridized carbons (Fsp3) is 0.647. The zero-order valence-electron chi connectivity index (χ0n) is 13.1. The molecule has 1 unspecified atom stereocenters. The predicted octanol–water partition coefficient (Wildman–Crippen LogP) is 3.49. The second-order valence-corrected chi connectivity index (χ2v) is 6.62. The summed E-state index contributed by atoms with van der Waals surface area (Å²) in [5, 5.41) is 0. The van der Waals surface area contributed by atoms with E-state index in [9.17, 15) is 0 Å². The van der Waals surface area contributed by atoms with Gasteiger partial charge < -0.3 is 5.73 Å². The van der Waals surface area contributed by atoms with E-state index in [4.69, 9.17) is 5.73 Å². The van der Waals surface area contributed by atoms with Crippen LogP contribution in [-0.4, -0.2) is 23.5 Å². The van der Waals surface area contributed by atoms with Gasteiger partial charge in [-0.2, -0.15) is 0 Å². The molecular formula is C17H28N2. The van der Waals surface area contributed by atoms with Gasteiger partial charge in [0.2, 0.25) is 0 Å². The Morgan fingerprint density at radius 2 is 1.53 bits per heavy atom. The molecule has 0 aliphatic carbocycles. The van der Waals surface area contributed by atoms with Gasteiger partial charge in [0.1, 0.15) is 0 Å². The van der Waals surface area contributed by atoms with E-state index in [1.807, 2.05) is 0 Å². The Balaban J connectivity index is 2.32. The van der Waals surface area contributed by atoms with Crippen molar-refractivity contribution in [3.8, 4) is 0 Å². The van der Waals surface area contributed by atoms with Gasteiger partial charge in [-0.25, -0.2) is 0 Å². The van der Waals surface area contributed by atoms with E-state index < -0.39 is 0 Å². The van der Waals surface area contributed by atoms with E-state index in [0.29, 0.717) is 0 Å². The maximum atomic E-state index is 6.63. The van der Waals surface area contributed by atoms with Crippen molar-refractivity contribution in [3.63, 3.8) is 0 Å². The number of nitrogens with zero attached hydrogens (tertiary/aromatic N) is 1. The average Bonchev–Trinajstić information content (AvgIpc) is 2.87. The molecule has 0 saturated carbocycles. The van der Waals surface area contributed by atoms with Crippen LogP contribution in [0.25, 0.3) is 0 Å². The van der Waals surface area contributed by atoms with Crippen LogP contribution in [0.15, 0.2) is 12.1 Å². The van der Waals surface area contributed by atoms with Gasteiger partial charge in [-0.15, -0.1) is 0 Å². The standard InChI is InChI=1S/C17H28N2/c1-12-10-14(3)15(11-13(12)2)16(18)17(4,5)19-8-6-7-9-19/h10-11,16H,6-9,18H2,1-5H3. The van der Waals surface area contributed by atoms with Crippen LogP contribution in [0.2, 0.25) is 0 Å². The van der Waals surface area contributed by atoms with E-state index in [2.05, 4.69) is 51.7 Å². The van der Waals surface area contributed by atoms with Crippen molar-refractivity contribution in [2.24, 2.45) is 5.73 Å². The molecule has 1 aromatic rings. The van der Waals surface area contributed by atoms with E-state index in [0.717, 1.165) is 0 Å².